The van der Waals surface area contributed by atoms with Crippen molar-refractivity contribution < 1.29 is 0 Å². The Balaban J connectivity index is 2.45. The molecule has 2 N–H and O–H groups in total. The van der Waals surface area contributed by atoms with Crippen LogP contribution in [0.2, 0.25) is 5.15 Å². The van der Waals surface area contributed by atoms with Gasteiger partial charge in [0.05, 0.1) is 0 Å². The van der Waals surface area contributed by atoms with E-state index in [1.165, 1.54) is 5.56 Å². The van der Waals surface area contributed by atoms with Crippen molar-refractivity contribution in [3.05, 3.63) is 29.0 Å². The number of aromatic nitrogens is 1. The van der Waals surface area contributed by atoms with Gasteiger partial charge in [-0.3, -0.25) is 0 Å². The van der Waals surface area contributed by atoms with Crippen LogP contribution in [0.3, 0.4) is 0 Å². The van der Waals surface area contributed by atoms with Gasteiger partial charge >= 0.3 is 0 Å². The summed E-state index contributed by atoms with van der Waals surface area (Å²) < 4.78 is 0. The van der Waals surface area contributed by atoms with Gasteiger partial charge in [0.15, 0.2) is 0 Å². The van der Waals surface area contributed by atoms with Gasteiger partial charge < -0.3 is 5.73 Å². The number of hydrogen-bond donors (Lipinski definition) is 1. The summed E-state index contributed by atoms with van der Waals surface area (Å²) in [6, 6.07) is 3.86. The Morgan fingerprint density at radius 2 is 2.46 bits per heavy atom. The number of pyridine rings is 1. The topological polar surface area (TPSA) is 38.9 Å². The fourth-order valence-corrected chi connectivity index (χ4v) is 1.83. The predicted molar refractivity (Wildman–Crippen MR) is 59.1 cm³/mol. The van der Waals surface area contributed by atoms with E-state index in [-0.39, 0.29) is 0 Å². The number of nitrogens with zero attached hydrogens (tertiary/aromatic N) is 1. The van der Waals surface area contributed by atoms with E-state index in [4.69, 9.17) is 17.3 Å². The lowest BCUT2D eigenvalue weighted by molar-refractivity contribution is 0.950. The van der Waals surface area contributed by atoms with Crippen LogP contribution < -0.4 is 5.73 Å². The molecule has 1 aromatic rings. The number of hydrogen-bond acceptors (Lipinski definition) is 3. The second-order valence-corrected chi connectivity index (χ2v) is 4.66. The molecule has 1 unspecified atom stereocenters. The first kappa shape index (κ1) is 10.8. The van der Waals surface area contributed by atoms with Gasteiger partial charge in [0.25, 0.3) is 0 Å². The van der Waals surface area contributed by atoms with Crippen molar-refractivity contribution in [1.29, 1.82) is 0 Å². The molecule has 0 aromatic carbocycles. The number of rotatable bonds is 4. The fourth-order valence-electron chi connectivity index (χ4n) is 0.839. The van der Waals surface area contributed by atoms with Crippen LogP contribution in [0, 0.1) is 0 Å². The maximum absolute atomic E-state index is 5.75. The highest BCUT2D eigenvalue weighted by atomic mass is 35.5. The molecule has 1 aromatic heterocycles. The highest BCUT2D eigenvalue weighted by Gasteiger charge is 2.00. The summed E-state index contributed by atoms with van der Waals surface area (Å²) in [6.07, 6.45) is 1.73. The van der Waals surface area contributed by atoms with Crippen LogP contribution in [0.25, 0.3) is 0 Å². The molecular formula is C9H13ClN2S. The highest BCUT2D eigenvalue weighted by molar-refractivity contribution is 7.99. The zero-order valence-corrected chi connectivity index (χ0v) is 9.11. The Kier molecular flexibility index (Phi) is 4.56. The molecule has 13 heavy (non-hydrogen) atoms. The molecule has 0 radical (unpaired) electrons. The molecule has 72 valence electrons. The van der Waals surface area contributed by atoms with E-state index in [1.807, 2.05) is 23.9 Å². The molecule has 0 saturated heterocycles. The SMILES string of the molecule is CC(CN)SCc1ccnc(Cl)c1. The summed E-state index contributed by atoms with van der Waals surface area (Å²) in [7, 11) is 0. The zero-order chi connectivity index (χ0) is 9.68. The summed E-state index contributed by atoms with van der Waals surface area (Å²) >= 11 is 7.58. The Morgan fingerprint density at radius 3 is 3.08 bits per heavy atom. The van der Waals surface area contributed by atoms with Gasteiger partial charge in [0.1, 0.15) is 5.15 Å². The molecule has 0 bridgehead atoms. The average Bonchev–Trinajstić information content (AvgIpc) is 2.14. The van der Waals surface area contributed by atoms with E-state index in [1.54, 1.807) is 6.20 Å². The standard InChI is InChI=1S/C9H13ClN2S/c1-7(5-11)13-6-8-2-3-12-9(10)4-8/h2-4,7H,5-6,11H2,1H3. The molecule has 0 aliphatic rings. The molecule has 0 amide bonds. The fraction of sp³-hybridized carbons (Fsp3) is 0.444. The highest BCUT2D eigenvalue weighted by Crippen LogP contribution is 2.18. The molecule has 0 aliphatic carbocycles. The third-order valence-electron chi connectivity index (χ3n) is 1.66. The molecule has 2 nitrogen and oxygen atoms in total. The maximum atomic E-state index is 5.75. The van der Waals surface area contributed by atoms with Crippen molar-refractivity contribution in [2.24, 2.45) is 5.73 Å². The Hall–Kier alpha value is -0.250. The predicted octanol–water partition coefficient (Wildman–Crippen LogP) is 2.32. The minimum atomic E-state index is 0.493. The average molecular weight is 217 g/mol. The smallest absolute Gasteiger partial charge is 0.129 e. The van der Waals surface area contributed by atoms with Crippen LogP contribution >= 0.6 is 23.4 Å². The molecule has 1 heterocycles. The summed E-state index contributed by atoms with van der Waals surface area (Å²) in [5, 5.41) is 1.05. The maximum Gasteiger partial charge on any atom is 0.129 e. The first-order valence-electron chi connectivity index (χ1n) is 4.14. The molecule has 0 saturated carbocycles. The Morgan fingerprint density at radius 1 is 1.69 bits per heavy atom. The van der Waals surface area contributed by atoms with E-state index in [0.29, 0.717) is 16.9 Å². The van der Waals surface area contributed by atoms with Gasteiger partial charge in [0.2, 0.25) is 0 Å². The van der Waals surface area contributed by atoms with Crippen LogP contribution in [0.15, 0.2) is 18.3 Å². The third-order valence-corrected chi connectivity index (χ3v) is 3.13. The van der Waals surface area contributed by atoms with Crippen molar-refractivity contribution in [2.75, 3.05) is 6.54 Å². The van der Waals surface area contributed by atoms with Gasteiger partial charge in [-0.05, 0) is 17.7 Å². The largest absolute Gasteiger partial charge is 0.329 e. The third kappa shape index (κ3) is 3.98. The van der Waals surface area contributed by atoms with Gasteiger partial charge in [0, 0.05) is 23.7 Å². The molecule has 0 aliphatic heterocycles. The molecule has 4 heteroatoms. The van der Waals surface area contributed by atoms with Crippen molar-refractivity contribution in [3.8, 4) is 0 Å². The lowest BCUT2D eigenvalue weighted by atomic mass is 10.3. The Labute approximate surface area is 87.9 Å². The van der Waals surface area contributed by atoms with E-state index in [2.05, 4.69) is 11.9 Å². The Bertz CT molecular complexity index is 268. The minimum Gasteiger partial charge on any atom is -0.329 e. The van der Waals surface area contributed by atoms with Gasteiger partial charge in [-0.2, -0.15) is 11.8 Å². The second-order valence-electron chi connectivity index (χ2n) is 2.84. The van der Waals surface area contributed by atoms with Crippen molar-refractivity contribution in [1.82, 2.24) is 4.98 Å². The van der Waals surface area contributed by atoms with Crippen molar-refractivity contribution in [2.45, 2.75) is 17.9 Å². The van der Waals surface area contributed by atoms with Gasteiger partial charge in [-0.1, -0.05) is 18.5 Å². The van der Waals surface area contributed by atoms with Crippen molar-refractivity contribution >= 4 is 23.4 Å². The molecule has 0 fully saturated rings. The van der Waals surface area contributed by atoms with Crippen LogP contribution in [0.4, 0.5) is 0 Å². The summed E-state index contributed by atoms with van der Waals surface area (Å²) in [6.45, 7) is 2.83. The zero-order valence-electron chi connectivity index (χ0n) is 7.53. The van der Waals surface area contributed by atoms with Crippen LogP contribution in [0.5, 0.6) is 0 Å². The molecule has 1 atom stereocenters. The van der Waals surface area contributed by atoms with Crippen LogP contribution in [-0.4, -0.2) is 16.8 Å². The number of nitrogens with two attached hydrogens (primary N) is 1. The quantitative estimate of drug-likeness (QED) is 0.786. The van der Waals surface area contributed by atoms with E-state index < -0.39 is 0 Å². The second kappa shape index (κ2) is 5.47. The van der Waals surface area contributed by atoms with E-state index >= 15 is 0 Å². The normalized spacial score (nSPS) is 12.8. The summed E-state index contributed by atoms with van der Waals surface area (Å²) in [5.74, 6) is 0.945. The minimum absolute atomic E-state index is 0.493. The van der Waals surface area contributed by atoms with E-state index in [9.17, 15) is 0 Å². The molecule has 1 rings (SSSR count). The number of halogens is 1. The first-order chi connectivity index (χ1) is 6.22. The summed E-state index contributed by atoms with van der Waals surface area (Å²) in [4.78, 5) is 3.92. The lowest BCUT2D eigenvalue weighted by Gasteiger charge is -2.07. The summed E-state index contributed by atoms with van der Waals surface area (Å²) in [5.41, 5.74) is 6.71. The van der Waals surface area contributed by atoms with Crippen LogP contribution in [-0.2, 0) is 5.75 Å². The van der Waals surface area contributed by atoms with Gasteiger partial charge in [-0.25, -0.2) is 4.98 Å². The van der Waals surface area contributed by atoms with Crippen molar-refractivity contribution in [3.63, 3.8) is 0 Å². The first-order valence-corrected chi connectivity index (χ1v) is 5.57. The van der Waals surface area contributed by atoms with Gasteiger partial charge in [-0.15, -0.1) is 0 Å². The monoisotopic (exact) mass is 216 g/mol. The molecule has 0 spiro atoms. The molecular weight excluding hydrogens is 204 g/mol. The van der Waals surface area contributed by atoms with Crippen LogP contribution in [0.1, 0.15) is 12.5 Å². The lowest BCUT2D eigenvalue weighted by Crippen LogP contribution is -2.12. The number of thioether (sulfide) groups is 1. The van der Waals surface area contributed by atoms with E-state index in [0.717, 1.165) is 5.75 Å².